The molecular formula is C8H9Cl2FN2. The van der Waals surface area contributed by atoms with Gasteiger partial charge in [0, 0.05) is 6.04 Å². The average Bonchev–Trinajstić information content (AvgIpc) is 1.99. The molecule has 13 heavy (non-hydrogen) atoms. The molecule has 0 unspecified atom stereocenters. The van der Waals surface area contributed by atoms with Crippen molar-refractivity contribution in [1.82, 2.24) is 4.98 Å². The molecule has 5 heteroatoms. The van der Waals surface area contributed by atoms with Crippen molar-refractivity contribution in [2.24, 2.45) is 5.73 Å². The maximum Gasteiger partial charge on any atom is 0.166 e. The van der Waals surface area contributed by atoms with Crippen LogP contribution in [0.4, 0.5) is 4.39 Å². The lowest BCUT2D eigenvalue weighted by molar-refractivity contribution is 0.616. The van der Waals surface area contributed by atoms with Gasteiger partial charge < -0.3 is 5.73 Å². The molecule has 0 spiro atoms. The predicted molar refractivity (Wildman–Crippen MR) is 51.6 cm³/mol. The Labute approximate surface area is 85.9 Å². The monoisotopic (exact) mass is 222 g/mol. The summed E-state index contributed by atoms with van der Waals surface area (Å²) in [6, 6.07) is 1.18. The van der Waals surface area contributed by atoms with Gasteiger partial charge in [0.2, 0.25) is 0 Å². The topological polar surface area (TPSA) is 38.9 Å². The van der Waals surface area contributed by atoms with Crippen LogP contribution in [-0.4, -0.2) is 11.0 Å². The minimum Gasteiger partial charge on any atom is -0.328 e. The molecule has 0 saturated heterocycles. The average molecular weight is 223 g/mol. The fourth-order valence-corrected chi connectivity index (χ4v) is 1.37. The molecule has 0 bridgehead atoms. The van der Waals surface area contributed by atoms with Crippen LogP contribution >= 0.6 is 23.2 Å². The fraction of sp³-hybridized carbons (Fsp3) is 0.375. The second-order valence-electron chi connectivity index (χ2n) is 2.89. The summed E-state index contributed by atoms with van der Waals surface area (Å²) in [5.41, 5.74) is 6.12. The molecule has 0 aromatic carbocycles. The van der Waals surface area contributed by atoms with Crippen LogP contribution < -0.4 is 5.73 Å². The zero-order valence-electron chi connectivity index (χ0n) is 7.02. The highest BCUT2D eigenvalue weighted by molar-refractivity contribution is 6.32. The van der Waals surface area contributed by atoms with Crippen molar-refractivity contribution in [3.05, 3.63) is 27.8 Å². The van der Waals surface area contributed by atoms with Crippen LogP contribution in [0.5, 0.6) is 0 Å². The summed E-state index contributed by atoms with van der Waals surface area (Å²) in [5, 5.41) is 0.00197. The van der Waals surface area contributed by atoms with E-state index in [9.17, 15) is 4.39 Å². The third-order valence-corrected chi connectivity index (χ3v) is 2.09. The van der Waals surface area contributed by atoms with Crippen molar-refractivity contribution in [3.63, 3.8) is 0 Å². The van der Waals surface area contributed by atoms with Crippen LogP contribution in [0.2, 0.25) is 10.3 Å². The summed E-state index contributed by atoms with van der Waals surface area (Å²) in [6.07, 6.45) is 0.486. The van der Waals surface area contributed by atoms with Gasteiger partial charge in [-0.3, -0.25) is 0 Å². The summed E-state index contributed by atoms with van der Waals surface area (Å²) in [6.45, 7) is 1.81. The van der Waals surface area contributed by atoms with E-state index >= 15 is 0 Å². The van der Waals surface area contributed by atoms with E-state index in [0.717, 1.165) is 0 Å². The Morgan fingerprint density at radius 2 is 2.15 bits per heavy atom. The molecule has 0 fully saturated rings. The molecule has 0 aliphatic heterocycles. The van der Waals surface area contributed by atoms with Gasteiger partial charge in [-0.15, -0.1) is 0 Å². The van der Waals surface area contributed by atoms with E-state index in [1.165, 1.54) is 6.07 Å². The Balaban J connectivity index is 3.01. The lowest BCUT2D eigenvalue weighted by atomic mass is 10.1. The second-order valence-corrected chi connectivity index (χ2v) is 3.61. The Morgan fingerprint density at radius 1 is 1.54 bits per heavy atom. The Bertz CT molecular complexity index is 315. The van der Waals surface area contributed by atoms with Gasteiger partial charge in [-0.1, -0.05) is 23.2 Å². The number of nitrogens with zero attached hydrogens (tertiary/aromatic N) is 1. The third kappa shape index (κ3) is 2.79. The van der Waals surface area contributed by atoms with E-state index in [1.54, 1.807) is 0 Å². The smallest absolute Gasteiger partial charge is 0.166 e. The van der Waals surface area contributed by atoms with E-state index in [2.05, 4.69) is 4.98 Å². The molecule has 1 heterocycles. The number of halogens is 3. The van der Waals surface area contributed by atoms with Gasteiger partial charge in [0.15, 0.2) is 11.0 Å². The summed E-state index contributed by atoms with van der Waals surface area (Å²) in [7, 11) is 0. The molecule has 2 N–H and O–H groups in total. The highest BCUT2D eigenvalue weighted by atomic mass is 35.5. The van der Waals surface area contributed by atoms with Gasteiger partial charge in [-0.25, -0.2) is 9.37 Å². The summed E-state index contributed by atoms with van der Waals surface area (Å²) >= 11 is 11.1. The molecule has 2 nitrogen and oxygen atoms in total. The first-order valence-corrected chi connectivity index (χ1v) is 4.52. The largest absolute Gasteiger partial charge is 0.328 e. The number of pyridine rings is 1. The first kappa shape index (κ1) is 10.7. The summed E-state index contributed by atoms with van der Waals surface area (Å²) in [4.78, 5) is 3.63. The molecule has 0 amide bonds. The number of aromatic nitrogens is 1. The zero-order chi connectivity index (χ0) is 10.0. The van der Waals surface area contributed by atoms with Crippen molar-refractivity contribution in [1.29, 1.82) is 0 Å². The minimum absolute atomic E-state index is 0.0834. The van der Waals surface area contributed by atoms with Crippen LogP contribution in [-0.2, 0) is 6.42 Å². The molecule has 1 rings (SSSR count). The zero-order valence-corrected chi connectivity index (χ0v) is 8.53. The van der Waals surface area contributed by atoms with Crippen molar-refractivity contribution >= 4 is 23.2 Å². The molecule has 0 saturated carbocycles. The van der Waals surface area contributed by atoms with E-state index in [0.29, 0.717) is 12.0 Å². The Morgan fingerprint density at radius 3 is 2.69 bits per heavy atom. The molecule has 0 radical (unpaired) electrons. The van der Waals surface area contributed by atoms with Gasteiger partial charge in [0.25, 0.3) is 0 Å². The first-order valence-electron chi connectivity index (χ1n) is 3.76. The molecule has 0 aliphatic carbocycles. The van der Waals surface area contributed by atoms with Crippen LogP contribution in [0.1, 0.15) is 12.5 Å². The SMILES string of the molecule is C[C@H](N)Cc1cc(F)c(Cl)nc1Cl. The van der Waals surface area contributed by atoms with Crippen LogP contribution in [0, 0.1) is 5.82 Å². The van der Waals surface area contributed by atoms with Crippen molar-refractivity contribution in [2.75, 3.05) is 0 Å². The molecule has 0 aliphatic rings. The summed E-state index contributed by atoms with van der Waals surface area (Å²) < 4.78 is 12.9. The van der Waals surface area contributed by atoms with Crippen molar-refractivity contribution in [3.8, 4) is 0 Å². The maximum atomic E-state index is 12.9. The number of rotatable bonds is 2. The quantitative estimate of drug-likeness (QED) is 0.782. The van der Waals surface area contributed by atoms with Crippen molar-refractivity contribution < 1.29 is 4.39 Å². The normalized spacial score (nSPS) is 13.0. The predicted octanol–water partition coefficient (Wildman–Crippen LogP) is 2.42. The van der Waals surface area contributed by atoms with E-state index in [1.807, 2.05) is 6.92 Å². The van der Waals surface area contributed by atoms with Gasteiger partial charge in [0.05, 0.1) is 0 Å². The first-order chi connectivity index (χ1) is 6.00. The standard InChI is InChI=1S/C8H9Cl2FN2/c1-4(12)2-5-3-6(11)8(10)13-7(5)9/h3-4H,2,12H2,1H3/t4-/m0/s1. The Kier molecular flexibility index (Phi) is 3.47. The number of nitrogens with two attached hydrogens (primary N) is 1. The van der Waals surface area contributed by atoms with Gasteiger partial charge in [-0.05, 0) is 25.0 Å². The highest BCUT2D eigenvalue weighted by Gasteiger charge is 2.09. The molecule has 1 atom stereocenters. The third-order valence-electron chi connectivity index (χ3n) is 1.50. The number of hydrogen-bond acceptors (Lipinski definition) is 2. The van der Waals surface area contributed by atoms with Crippen LogP contribution in [0.15, 0.2) is 6.07 Å². The molecule has 1 aromatic rings. The van der Waals surface area contributed by atoms with Crippen LogP contribution in [0.3, 0.4) is 0 Å². The second kappa shape index (κ2) is 4.22. The lowest BCUT2D eigenvalue weighted by Gasteiger charge is -2.07. The van der Waals surface area contributed by atoms with Gasteiger partial charge in [-0.2, -0.15) is 0 Å². The highest BCUT2D eigenvalue weighted by Crippen LogP contribution is 2.20. The minimum atomic E-state index is -0.568. The number of hydrogen-bond donors (Lipinski definition) is 1. The summed E-state index contributed by atoms with van der Waals surface area (Å²) in [5.74, 6) is -0.568. The molecule has 1 aromatic heterocycles. The van der Waals surface area contributed by atoms with E-state index < -0.39 is 5.82 Å². The van der Waals surface area contributed by atoms with Crippen molar-refractivity contribution in [2.45, 2.75) is 19.4 Å². The van der Waals surface area contributed by atoms with E-state index in [4.69, 9.17) is 28.9 Å². The molecule has 72 valence electrons. The van der Waals surface area contributed by atoms with Crippen LogP contribution in [0.25, 0.3) is 0 Å². The molecular weight excluding hydrogens is 214 g/mol. The fourth-order valence-electron chi connectivity index (χ4n) is 0.973. The van der Waals surface area contributed by atoms with E-state index in [-0.39, 0.29) is 16.3 Å². The Hall–Kier alpha value is -0.380. The lowest BCUT2D eigenvalue weighted by Crippen LogP contribution is -2.18. The van der Waals surface area contributed by atoms with Gasteiger partial charge >= 0.3 is 0 Å². The maximum absolute atomic E-state index is 12.9. The van der Waals surface area contributed by atoms with Gasteiger partial charge in [0.1, 0.15) is 5.15 Å².